The molecular formula is C10H25NO3Si. The molecule has 0 bridgehead atoms. The second kappa shape index (κ2) is 7.35. The first-order valence-corrected chi connectivity index (χ1v) is 7.50. The van der Waals surface area contributed by atoms with Crippen LogP contribution in [0.1, 0.15) is 34.1 Å². The molecule has 0 atom stereocenters. The highest BCUT2D eigenvalue weighted by Gasteiger charge is 2.41. The van der Waals surface area contributed by atoms with Crippen LogP contribution >= 0.6 is 0 Å². The van der Waals surface area contributed by atoms with Gasteiger partial charge in [0, 0.05) is 25.4 Å². The fourth-order valence-electron chi connectivity index (χ4n) is 1.38. The Morgan fingerprint density at radius 2 is 1.53 bits per heavy atom. The van der Waals surface area contributed by atoms with Crippen LogP contribution in [0.5, 0.6) is 0 Å². The van der Waals surface area contributed by atoms with Crippen LogP contribution in [0.4, 0.5) is 0 Å². The van der Waals surface area contributed by atoms with Gasteiger partial charge < -0.3 is 19.0 Å². The van der Waals surface area contributed by atoms with E-state index in [2.05, 4.69) is 0 Å². The summed E-state index contributed by atoms with van der Waals surface area (Å²) in [6.07, 6.45) is 1.11. The topological polar surface area (TPSA) is 53.7 Å². The van der Waals surface area contributed by atoms with Crippen molar-refractivity contribution in [3.63, 3.8) is 0 Å². The van der Waals surface area contributed by atoms with E-state index in [0.717, 1.165) is 12.5 Å². The van der Waals surface area contributed by atoms with E-state index in [4.69, 9.17) is 19.0 Å². The van der Waals surface area contributed by atoms with Crippen LogP contribution in [0.15, 0.2) is 0 Å². The summed E-state index contributed by atoms with van der Waals surface area (Å²) < 4.78 is 17.2. The van der Waals surface area contributed by atoms with Gasteiger partial charge in [-0.25, -0.2) is 0 Å². The highest BCUT2D eigenvalue weighted by atomic mass is 28.4. The maximum Gasteiger partial charge on any atom is 0.501 e. The minimum Gasteiger partial charge on any atom is -0.377 e. The molecule has 2 N–H and O–H groups in total. The van der Waals surface area contributed by atoms with E-state index in [9.17, 15) is 0 Å². The SMILES string of the molecule is CO[Si](CCCN)(OC(C)C)OC(C)C. The summed E-state index contributed by atoms with van der Waals surface area (Å²) in [4.78, 5) is 0. The van der Waals surface area contributed by atoms with E-state index in [-0.39, 0.29) is 12.2 Å². The minimum absolute atomic E-state index is 0.119. The van der Waals surface area contributed by atoms with E-state index in [1.54, 1.807) is 7.11 Å². The van der Waals surface area contributed by atoms with Gasteiger partial charge in [-0.3, -0.25) is 0 Å². The molecule has 0 saturated carbocycles. The first-order chi connectivity index (χ1) is 6.95. The summed E-state index contributed by atoms with van der Waals surface area (Å²) >= 11 is 0. The summed E-state index contributed by atoms with van der Waals surface area (Å²) in [6, 6.07) is 0.788. The van der Waals surface area contributed by atoms with Crippen molar-refractivity contribution < 1.29 is 13.3 Å². The lowest BCUT2D eigenvalue weighted by Gasteiger charge is -2.31. The lowest BCUT2D eigenvalue weighted by Crippen LogP contribution is -2.48. The molecule has 4 nitrogen and oxygen atoms in total. The van der Waals surface area contributed by atoms with Gasteiger partial charge in [-0.2, -0.15) is 0 Å². The molecule has 0 aromatic heterocycles. The Morgan fingerprint density at radius 1 is 1.07 bits per heavy atom. The Morgan fingerprint density at radius 3 is 1.80 bits per heavy atom. The average molecular weight is 235 g/mol. The molecule has 0 spiro atoms. The van der Waals surface area contributed by atoms with Crippen LogP contribution in [-0.4, -0.2) is 34.7 Å². The molecule has 0 aromatic carbocycles. The van der Waals surface area contributed by atoms with E-state index < -0.39 is 8.80 Å². The molecule has 5 heteroatoms. The molecule has 0 saturated heterocycles. The van der Waals surface area contributed by atoms with Gasteiger partial charge in [-0.1, -0.05) is 0 Å². The maximum absolute atomic E-state index is 5.84. The molecular weight excluding hydrogens is 210 g/mol. The zero-order valence-corrected chi connectivity index (χ0v) is 11.6. The quantitative estimate of drug-likeness (QED) is 0.652. The van der Waals surface area contributed by atoms with Crippen molar-refractivity contribution in [3.8, 4) is 0 Å². The Kier molecular flexibility index (Phi) is 7.38. The normalized spacial score (nSPS) is 12.8. The fourth-order valence-corrected chi connectivity index (χ4v) is 4.14. The van der Waals surface area contributed by atoms with Gasteiger partial charge >= 0.3 is 8.80 Å². The van der Waals surface area contributed by atoms with Crippen LogP contribution in [-0.2, 0) is 13.3 Å². The van der Waals surface area contributed by atoms with Crippen LogP contribution in [0.3, 0.4) is 0 Å². The zero-order chi connectivity index (χ0) is 11.9. The fraction of sp³-hybridized carbons (Fsp3) is 1.00. The third kappa shape index (κ3) is 6.27. The summed E-state index contributed by atoms with van der Waals surface area (Å²) in [7, 11) is -0.836. The first kappa shape index (κ1) is 15.1. The third-order valence-electron chi connectivity index (χ3n) is 1.83. The summed E-state index contributed by atoms with van der Waals surface area (Å²) in [5.74, 6) is 0. The van der Waals surface area contributed by atoms with Crippen molar-refractivity contribution in [2.75, 3.05) is 13.7 Å². The lowest BCUT2D eigenvalue weighted by atomic mass is 10.5. The highest BCUT2D eigenvalue weighted by molar-refractivity contribution is 6.60. The van der Waals surface area contributed by atoms with Crippen molar-refractivity contribution in [2.24, 2.45) is 5.73 Å². The Labute approximate surface area is 94.5 Å². The monoisotopic (exact) mass is 235 g/mol. The number of hydrogen-bond acceptors (Lipinski definition) is 4. The molecule has 0 unspecified atom stereocenters. The van der Waals surface area contributed by atoms with Gasteiger partial charge in [0.25, 0.3) is 0 Å². The Bertz CT molecular complexity index is 155. The predicted octanol–water partition coefficient (Wildman–Crippen LogP) is 1.77. The minimum atomic E-state index is -2.50. The Hall–Kier alpha value is 0.0569. The lowest BCUT2D eigenvalue weighted by molar-refractivity contribution is 0.0326. The van der Waals surface area contributed by atoms with Crippen LogP contribution in [0.25, 0.3) is 0 Å². The molecule has 92 valence electrons. The Balaban J connectivity index is 4.44. The van der Waals surface area contributed by atoms with Crippen LogP contribution in [0, 0.1) is 0 Å². The van der Waals surface area contributed by atoms with Crippen LogP contribution in [0.2, 0.25) is 6.04 Å². The van der Waals surface area contributed by atoms with E-state index >= 15 is 0 Å². The molecule has 0 amide bonds. The second-order valence-electron chi connectivity index (χ2n) is 4.11. The first-order valence-electron chi connectivity index (χ1n) is 5.56. The van der Waals surface area contributed by atoms with Crippen molar-refractivity contribution in [2.45, 2.75) is 52.4 Å². The van der Waals surface area contributed by atoms with Gasteiger partial charge in [-0.15, -0.1) is 0 Å². The zero-order valence-electron chi connectivity index (χ0n) is 10.6. The van der Waals surface area contributed by atoms with Gasteiger partial charge in [0.2, 0.25) is 0 Å². The highest BCUT2D eigenvalue weighted by Crippen LogP contribution is 2.20. The van der Waals surface area contributed by atoms with Crippen LogP contribution < -0.4 is 5.73 Å². The smallest absolute Gasteiger partial charge is 0.377 e. The van der Waals surface area contributed by atoms with Crippen molar-refractivity contribution in [1.29, 1.82) is 0 Å². The number of nitrogens with two attached hydrogens (primary N) is 1. The maximum atomic E-state index is 5.84. The predicted molar refractivity (Wildman–Crippen MR) is 63.7 cm³/mol. The summed E-state index contributed by atoms with van der Waals surface area (Å²) in [5.41, 5.74) is 5.51. The molecule has 0 heterocycles. The van der Waals surface area contributed by atoms with Crippen molar-refractivity contribution in [3.05, 3.63) is 0 Å². The van der Waals surface area contributed by atoms with Gasteiger partial charge in [0.05, 0.1) is 0 Å². The molecule has 0 fully saturated rings. The average Bonchev–Trinajstić information content (AvgIpc) is 2.12. The van der Waals surface area contributed by atoms with Gasteiger partial charge in [-0.05, 0) is 40.7 Å². The molecule has 0 aromatic rings. The molecule has 0 rings (SSSR count). The third-order valence-corrected chi connectivity index (χ3v) is 5.08. The standard InChI is InChI=1S/C10H25NO3Si/c1-9(2)13-15(12-5,8-6-7-11)14-10(3)4/h9-10H,6-8,11H2,1-5H3. The molecule has 0 aliphatic heterocycles. The van der Waals surface area contributed by atoms with Crippen molar-refractivity contribution in [1.82, 2.24) is 0 Å². The summed E-state index contributed by atoms with van der Waals surface area (Å²) in [5, 5.41) is 0. The van der Waals surface area contributed by atoms with E-state index in [1.165, 1.54) is 0 Å². The molecule has 0 aliphatic rings. The number of rotatable bonds is 8. The van der Waals surface area contributed by atoms with E-state index in [1.807, 2.05) is 27.7 Å². The van der Waals surface area contributed by atoms with E-state index in [0.29, 0.717) is 6.54 Å². The summed E-state index contributed by atoms with van der Waals surface area (Å²) in [6.45, 7) is 8.61. The molecule has 15 heavy (non-hydrogen) atoms. The largest absolute Gasteiger partial charge is 0.501 e. The number of hydrogen-bond donors (Lipinski definition) is 1. The van der Waals surface area contributed by atoms with Crippen molar-refractivity contribution >= 4 is 8.80 Å². The second-order valence-corrected chi connectivity index (χ2v) is 6.86. The molecule has 0 aliphatic carbocycles. The molecule has 0 radical (unpaired) electrons. The van der Waals surface area contributed by atoms with Gasteiger partial charge in [0.15, 0.2) is 0 Å². The van der Waals surface area contributed by atoms with Gasteiger partial charge in [0.1, 0.15) is 0 Å².